The Kier molecular flexibility index (Phi) is 2.36. The fourth-order valence-corrected chi connectivity index (χ4v) is 1.43. The second kappa shape index (κ2) is 3.69. The van der Waals surface area contributed by atoms with Gasteiger partial charge in [0.2, 0.25) is 0 Å². The number of nitrogens with zero attached hydrogens (tertiary/aromatic N) is 2. The third-order valence-corrected chi connectivity index (χ3v) is 2.25. The average Bonchev–Trinajstić information content (AvgIpc) is 2.65. The van der Waals surface area contributed by atoms with Crippen LogP contribution in [0.1, 0.15) is 16.1 Å². The first-order valence-electron chi connectivity index (χ1n) is 4.73. The van der Waals surface area contributed by atoms with Crippen LogP contribution >= 0.6 is 0 Å². The van der Waals surface area contributed by atoms with E-state index in [2.05, 4.69) is 5.10 Å². The first-order valence-corrected chi connectivity index (χ1v) is 4.73. The zero-order valence-electron chi connectivity index (χ0n) is 8.71. The molecule has 2 aromatic rings. The number of carboxylic acid groups (broad SMARTS) is 1. The van der Waals surface area contributed by atoms with Gasteiger partial charge in [-0.05, 0) is 31.2 Å². The Labute approximate surface area is 92.1 Å². The molecule has 0 spiro atoms. The van der Waals surface area contributed by atoms with Crippen molar-refractivity contribution < 1.29 is 9.90 Å². The summed E-state index contributed by atoms with van der Waals surface area (Å²) >= 11 is 0. The van der Waals surface area contributed by atoms with E-state index >= 15 is 0 Å². The predicted molar refractivity (Wildman–Crippen MR) is 59.7 cm³/mol. The van der Waals surface area contributed by atoms with Crippen LogP contribution in [0.4, 0.5) is 5.69 Å². The van der Waals surface area contributed by atoms with Gasteiger partial charge in [0.1, 0.15) is 0 Å². The second-order valence-electron chi connectivity index (χ2n) is 3.48. The number of nitrogens with two attached hydrogens (primary N) is 1. The number of aromatic carboxylic acids is 1. The van der Waals surface area contributed by atoms with Crippen LogP contribution in [0.5, 0.6) is 0 Å². The molecule has 0 aliphatic rings. The van der Waals surface area contributed by atoms with Crippen LogP contribution in [-0.4, -0.2) is 20.9 Å². The molecule has 2 rings (SSSR count). The van der Waals surface area contributed by atoms with Crippen LogP contribution in [-0.2, 0) is 0 Å². The summed E-state index contributed by atoms with van der Waals surface area (Å²) in [4.78, 5) is 10.9. The van der Waals surface area contributed by atoms with Crippen molar-refractivity contribution in [2.24, 2.45) is 0 Å². The molecule has 0 radical (unpaired) electrons. The lowest BCUT2D eigenvalue weighted by molar-refractivity contribution is 0.0698. The molecule has 0 atom stereocenters. The highest BCUT2D eigenvalue weighted by Gasteiger charge is 2.09. The van der Waals surface area contributed by atoms with Gasteiger partial charge in [-0.25, -0.2) is 9.48 Å². The van der Waals surface area contributed by atoms with Crippen molar-refractivity contribution in [3.8, 4) is 5.69 Å². The van der Waals surface area contributed by atoms with Crippen molar-refractivity contribution in [1.29, 1.82) is 0 Å². The Morgan fingerprint density at radius 3 is 2.75 bits per heavy atom. The van der Waals surface area contributed by atoms with E-state index in [0.717, 1.165) is 5.69 Å². The number of rotatable bonds is 2. The number of benzene rings is 1. The molecule has 0 aliphatic carbocycles. The van der Waals surface area contributed by atoms with Crippen molar-refractivity contribution in [2.45, 2.75) is 6.92 Å². The molecule has 5 heteroatoms. The van der Waals surface area contributed by atoms with E-state index in [9.17, 15) is 4.79 Å². The summed E-state index contributed by atoms with van der Waals surface area (Å²) in [6.07, 6.45) is 1.77. The van der Waals surface area contributed by atoms with E-state index in [0.29, 0.717) is 5.69 Å². The number of anilines is 1. The Morgan fingerprint density at radius 2 is 2.19 bits per heavy atom. The molecule has 82 valence electrons. The van der Waals surface area contributed by atoms with Gasteiger partial charge in [0.15, 0.2) is 0 Å². The van der Waals surface area contributed by atoms with E-state index in [4.69, 9.17) is 10.8 Å². The first-order chi connectivity index (χ1) is 7.58. The van der Waals surface area contributed by atoms with Gasteiger partial charge in [0.25, 0.3) is 0 Å². The minimum absolute atomic E-state index is 0.0886. The monoisotopic (exact) mass is 217 g/mol. The predicted octanol–water partition coefficient (Wildman–Crippen LogP) is 1.46. The molecule has 0 unspecified atom stereocenters. The van der Waals surface area contributed by atoms with Crippen molar-refractivity contribution in [3.63, 3.8) is 0 Å². The van der Waals surface area contributed by atoms with Gasteiger partial charge in [-0.15, -0.1) is 0 Å². The minimum Gasteiger partial charge on any atom is -0.478 e. The second-order valence-corrected chi connectivity index (χ2v) is 3.48. The van der Waals surface area contributed by atoms with Gasteiger partial charge >= 0.3 is 5.97 Å². The summed E-state index contributed by atoms with van der Waals surface area (Å²) in [5.74, 6) is -1.04. The molecule has 0 amide bonds. The Morgan fingerprint density at radius 1 is 1.44 bits per heavy atom. The highest BCUT2D eigenvalue weighted by molar-refractivity contribution is 5.94. The summed E-state index contributed by atoms with van der Waals surface area (Å²) in [5.41, 5.74) is 7.45. The number of hydrogen-bond donors (Lipinski definition) is 2. The third-order valence-electron chi connectivity index (χ3n) is 2.25. The largest absolute Gasteiger partial charge is 0.478 e. The molecule has 0 aliphatic heterocycles. The van der Waals surface area contributed by atoms with Crippen LogP contribution in [0.3, 0.4) is 0 Å². The van der Waals surface area contributed by atoms with Gasteiger partial charge in [0.05, 0.1) is 16.9 Å². The molecule has 0 bridgehead atoms. The molecule has 3 N–H and O–H groups in total. The lowest BCUT2D eigenvalue weighted by atomic mass is 10.1. The highest BCUT2D eigenvalue weighted by Crippen LogP contribution is 2.17. The molecule has 1 heterocycles. The molecular weight excluding hydrogens is 206 g/mol. The van der Waals surface area contributed by atoms with Gasteiger partial charge in [0, 0.05) is 11.9 Å². The van der Waals surface area contributed by atoms with Crippen molar-refractivity contribution in [1.82, 2.24) is 9.78 Å². The topological polar surface area (TPSA) is 81.1 Å². The summed E-state index contributed by atoms with van der Waals surface area (Å²) in [6, 6.07) is 6.64. The number of carboxylic acids is 1. The molecule has 1 aromatic carbocycles. The summed E-state index contributed by atoms with van der Waals surface area (Å²) in [6.45, 7) is 1.87. The number of carbonyl (C=O) groups is 1. The van der Waals surface area contributed by atoms with E-state index in [1.54, 1.807) is 23.0 Å². The fraction of sp³-hybridized carbons (Fsp3) is 0.0909. The SMILES string of the molecule is Cc1ccn(-c2ccc(N)c(C(=O)O)c2)n1. The summed E-state index contributed by atoms with van der Waals surface area (Å²) in [7, 11) is 0. The average molecular weight is 217 g/mol. The maximum atomic E-state index is 10.9. The number of hydrogen-bond acceptors (Lipinski definition) is 3. The maximum absolute atomic E-state index is 10.9. The maximum Gasteiger partial charge on any atom is 0.337 e. The van der Waals surface area contributed by atoms with E-state index in [1.165, 1.54) is 6.07 Å². The quantitative estimate of drug-likeness (QED) is 0.746. The van der Waals surface area contributed by atoms with Crippen molar-refractivity contribution >= 4 is 11.7 Å². The Bertz CT molecular complexity index is 546. The molecule has 1 aromatic heterocycles. The number of aromatic nitrogens is 2. The fourth-order valence-electron chi connectivity index (χ4n) is 1.43. The first kappa shape index (κ1) is 10.2. The smallest absolute Gasteiger partial charge is 0.337 e. The zero-order chi connectivity index (χ0) is 11.7. The normalized spacial score (nSPS) is 10.3. The van der Waals surface area contributed by atoms with E-state index in [-0.39, 0.29) is 11.3 Å². The van der Waals surface area contributed by atoms with Gasteiger partial charge in [-0.2, -0.15) is 5.10 Å². The third kappa shape index (κ3) is 1.75. The molecule has 16 heavy (non-hydrogen) atoms. The van der Waals surface area contributed by atoms with Crippen LogP contribution in [0.15, 0.2) is 30.5 Å². The Hall–Kier alpha value is -2.30. The molecular formula is C11H11N3O2. The minimum atomic E-state index is -1.04. The number of aryl methyl sites for hydroxylation is 1. The van der Waals surface area contributed by atoms with Crippen molar-refractivity contribution in [2.75, 3.05) is 5.73 Å². The lowest BCUT2D eigenvalue weighted by Gasteiger charge is -2.05. The highest BCUT2D eigenvalue weighted by atomic mass is 16.4. The molecule has 5 nitrogen and oxygen atoms in total. The summed E-state index contributed by atoms with van der Waals surface area (Å²) < 4.78 is 1.61. The van der Waals surface area contributed by atoms with E-state index < -0.39 is 5.97 Å². The molecule has 0 fully saturated rings. The Balaban J connectivity index is 2.51. The van der Waals surface area contributed by atoms with Crippen LogP contribution in [0.2, 0.25) is 0 Å². The van der Waals surface area contributed by atoms with Crippen LogP contribution < -0.4 is 5.73 Å². The van der Waals surface area contributed by atoms with Gasteiger partial charge in [-0.1, -0.05) is 0 Å². The van der Waals surface area contributed by atoms with Gasteiger partial charge in [-0.3, -0.25) is 0 Å². The molecule has 0 saturated heterocycles. The summed E-state index contributed by atoms with van der Waals surface area (Å²) in [5, 5.41) is 13.1. The van der Waals surface area contributed by atoms with E-state index in [1.807, 2.05) is 13.0 Å². The molecule has 0 saturated carbocycles. The lowest BCUT2D eigenvalue weighted by Crippen LogP contribution is -2.04. The van der Waals surface area contributed by atoms with Gasteiger partial charge < -0.3 is 10.8 Å². The zero-order valence-corrected chi connectivity index (χ0v) is 8.71. The van der Waals surface area contributed by atoms with Crippen LogP contribution in [0.25, 0.3) is 5.69 Å². The van der Waals surface area contributed by atoms with Crippen molar-refractivity contribution in [3.05, 3.63) is 41.7 Å². The standard InChI is InChI=1S/C11H11N3O2/c1-7-4-5-14(13-7)8-2-3-10(12)9(6-8)11(15)16/h2-6H,12H2,1H3,(H,15,16). The van der Waals surface area contributed by atoms with Crippen LogP contribution in [0, 0.1) is 6.92 Å². The number of nitrogen functional groups attached to an aromatic ring is 1.